The molecule has 0 aliphatic carbocycles. The maximum absolute atomic E-state index is 12.6. The van der Waals surface area contributed by atoms with E-state index in [4.69, 9.17) is 11.6 Å². The largest absolute Gasteiger partial charge is 0.434 e. The second-order valence-corrected chi connectivity index (χ2v) is 7.36. The standard InChI is InChI=1S/C17H19ClF3N5S/c1-22-16(23-10-15-24-14(11-27-15)17(19,20)21)26-7-5-25(6-8-26)13-4-2-3-12(18)9-13/h2-4,9,11H,5-8,10H2,1H3,(H,22,23). The van der Waals surface area contributed by atoms with Gasteiger partial charge in [0.2, 0.25) is 0 Å². The molecule has 1 aromatic heterocycles. The van der Waals surface area contributed by atoms with Crippen LogP contribution in [0.2, 0.25) is 5.02 Å². The number of piperazine rings is 1. The van der Waals surface area contributed by atoms with E-state index in [0.29, 0.717) is 16.0 Å². The summed E-state index contributed by atoms with van der Waals surface area (Å²) in [5.74, 6) is 0.657. The summed E-state index contributed by atoms with van der Waals surface area (Å²) in [7, 11) is 1.66. The molecule has 1 saturated heterocycles. The van der Waals surface area contributed by atoms with Crippen LogP contribution >= 0.6 is 22.9 Å². The van der Waals surface area contributed by atoms with Crippen LogP contribution in [0.15, 0.2) is 34.6 Å². The van der Waals surface area contributed by atoms with Crippen molar-refractivity contribution < 1.29 is 13.2 Å². The number of thiazole rings is 1. The molecule has 146 valence electrons. The van der Waals surface area contributed by atoms with Crippen LogP contribution in [-0.4, -0.2) is 49.1 Å². The van der Waals surface area contributed by atoms with E-state index in [2.05, 4.69) is 25.1 Å². The van der Waals surface area contributed by atoms with E-state index < -0.39 is 11.9 Å². The number of aliphatic imine (C=N–C) groups is 1. The van der Waals surface area contributed by atoms with Gasteiger partial charge in [-0.1, -0.05) is 17.7 Å². The maximum Gasteiger partial charge on any atom is 0.434 e. The maximum atomic E-state index is 12.6. The van der Waals surface area contributed by atoms with Crippen LogP contribution < -0.4 is 10.2 Å². The Hall–Kier alpha value is -2.00. The van der Waals surface area contributed by atoms with Gasteiger partial charge in [-0.15, -0.1) is 11.3 Å². The van der Waals surface area contributed by atoms with Gasteiger partial charge in [-0.3, -0.25) is 4.99 Å². The number of nitrogens with one attached hydrogen (secondary N) is 1. The Bertz CT molecular complexity index is 800. The first-order valence-corrected chi connectivity index (χ1v) is 9.60. The Kier molecular flexibility index (Phi) is 6.11. The molecule has 10 heteroatoms. The van der Waals surface area contributed by atoms with Gasteiger partial charge in [-0.05, 0) is 18.2 Å². The highest BCUT2D eigenvalue weighted by Crippen LogP contribution is 2.30. The average Bonchev–Trinajstić information content (AvgIpc) is 3.12. The van der Waals surface area contributed by atoms with Crippen LogP contribution in [0.4, 0.5) is 18.9 Å². The molecule has 0 saturated carbocycles. The Morgan fingerprint density at radius 3 is 2.63 bits per heavy atom. The number of benzene rings is 1. The van der Waals surface area contributed by atoms with Gasteiger partial charge in [0.05, 0.1) is 6.54 Å². The summed E-state index contributed by atoms with van der Waals surface area (Å²) in [6, 6.07) is 7.73. The number of rotatable bonds is 3. The molecule has 0 amide bonds. The molecule has 0 bridgehead atoms. The number of hydrogen-bond acceptors (Lipinski definition) is 4. The molecule has 0 spiro atoms. The lowest BCUT2D eigenvalue weighted by Gasteiger charge is -2.37. The molecule has 0 unspecified atom stereocenters. The van der Waals surface area contributed by atoms with Crippen LogP contribution in [0, 0.1) is 0 Å². The Morgan fingerprint density at radius 1 is 1.30 bits per heavy atom. The topological polar surface area (TPSA) is 43.8 Å². The monoisotopic (exact) mass is 417 g/mol. The van der Waals surface area contributed by atoms with Crippen LogP contribution in [0.25, 0.3) is 0 Å². The molecule has 1 aromatic carbocycles. The zero-order valence-electron chi connectivity index (χ0n) is 14.6. The summed E-state index contributed by atoms with van der Waals surface area (Å²) in [5.41, 5.74) is 0.224. The first-order valence-electron chi connectivity index (χ1n) is 8.34. The van der Waals surface area contributed by atoms with Crippen molar-refractivity contribution in [3.05, 3.63) is 45.4 Å². The number of guanidine groups is 1. The second kappa shape index (κ2) is 8.35. The van der Waals surface area contributed by atoms with Crippen molar-refractivity contribution in [2.24, 2.45) is 4.99 Å². The fourth-order valence-electron chi connectivity index (χ4n) is 2.86. The molecule has 1 aliphatic rings. The minimum absolute atomic E-state index is 0.210. The van der Waals surface area contributed by atoms with E-state index in [0.717, 1.165) is 48.6 Å². The van der Waals surface area contributed by atoms with Crippen LogP contribution in [0.3, 0.4) is 0 Å². The highest BCUT2D eigenvalue weighted by molar-refractivity contribution is 7.09. The summed E-state index contributed by atoms with van der Waals surface area (Å²) >= 11 is 7.04. The fourth-order valence-corrected chi connectivity index (χ4v) is 3.78. The van der Waals surface area contributed by atoms with Crippen LogP contribution in [0.5, 0.6) is 0 Å². The van der Waals surface area contributed by atoms with Crippen molar-refractivity contribution in [3.8, 4) is 0 Å². The van der Waals surface area contributed by atoms with Crippen molar-refractivity contribution in [1.29, 1.82) is 0 Å². The summed E-state index contributed by atoms with van der Waals surface area (Å²) in [4.78, 5) is 12.2. The van der Waals surface area contributed by atoms with Crippen molar-refractivity contribution in [2.45, 2.75) is 12.7 Å². The van der Waals surface area contributed by atoms with Crippen molar-refractivity contribution in [2.75, 3.05) is 38.1 Å². The fraction of sp³-hybridized carbons (Fsp3) is 0.412. The lowest BCUT2D eigenvalue weighted by atomic mass is 10.2. The first-order chi connectivity index (χ1) is 12.9. The zero-order valence-corrected chi connectivity index (χ0v) is 16.2. The second-order valence-electron chi connectivity index (χ2n) is 5.98. The third-order valence-electron chi connectivity index (χ3n) is 4.20. The lowest BCUT2D eigenvalue weighted by Crippen LogP contribution is -2.52. The summed E-state index contributed by atoms with van der Waals surface area (Å²) in [5, 5.41) is 5.21. The number of alkyl halides is 3. The third-order valence-corrected chi connectivity index (χ3v) is 5.29. The van der Waals surface area contributed by atoms with Gasteiger partial charge < -0.3 is 15.1 Å². The minimum atomic E-state index is -4.41. The lowest BCUT2D eigenvalue weighted by molar-refractivity contribution is -0.140. The highest BCUT2D eigenvalue weighted by atomic mass is 35.5. The molecule has 1 fully saturated rings. The summed E-state index contributed by atoms with van der Waals surface area (Å²) in [6.07, 6.45) is -4.41. The van der Waals surface area contributed by atoms with Gasteiger partial charge in [-0.2, -0.15) is 13.2 Å². The predicted octanol–water partition coefficient (Wildman–Crippen LogP) is 3.71. The van der Waals surface area contributed by atoms with E-state index in [9.17, 15) is 13.2 Å². The van der Waals surface area contributed by atoms with E-state index in [1.165, 1.54) is 0 Å². The molecule has 3 rings (SSSR count). The zero-order chi connectivity index (χ0) is 19.4. The number of nitrogens with zero attached hydrogens (tertiary/aromatic N) is 4. The van der Waals surface area contributed by atoms with E-state index >= 15 is 0 Å². The molecule has 27 heavy (non-hydrogen) atoms. The molecule has 2 heterocycles. The molecule has 1 aliphatic heterocycles. The molecular formula is C17H19ClF3N5S. The Balaban J connectivity index is 1.54. The average molecular weight is 418 g/mol. The number of halogens is 4. The van der Waals surface area contributed by atoms with Gasteiger partial charge in [-0.25, -0.2) is 4.98 Å². The van der Waals surface area contributed by atoms with Crippen molar-refractivity contribution in [3.63, 3.8) is 0 Å². The number of hydrogen-bond donors (Lipinski definition) is 1. The minimum Gasteiger partial charge on any atom is -0.368 e. The Morgan fingerprint density at radius 2 is 2.04 bits per heavy atom. The van der Waals surface area contributed by atoms with Gasteiger partial charge >= 0.3 is 6.18 Å². The molecule has 5 nitrogen and oxygen atoms in total. The quantitative estimate of drug-likeness (QED) is 0.610. The van der Waals surface area contributed by atoms with Gasteiger partial charge in [0.1, 0.15) is 5.01 Å². The molecule has 0 radical (unpaired) electrons. The molecule has 2 aromatic rings. The first kappa shape index (κ1) is 19.8. The number of aromatic nitrogens is 1. The third kappa shape index (κ3) is 5.04. The van der Waals surface area contributed by atoms with E-state index in [-0.39, 0.29) is 6.54 Å². The number of anilines is 1. The van der Waals surface area contributed by atoms with Gasteiger partial charge in [0, 0.05) is 49.3 Å². The summed E-state index contributed by atoms with van der Waals surface area (Å²) in [6.45, 7) is 3.31. The van der Waals surface area contributed by atoms with Gasteiger partial charge in [0.25, 0.3) is 0 Å². The Labute approximate surface area is 164 Å². The van der Waals surface area contributed by atoms with E-state index in [1.807, 2.05) is 24.3 Å². The van der Waals surface area contributed by atoms with E-state index in [1.54, 1.807) is 7.05 Å². The smallest absolute Gasteiger partial charge is 0.368 e. The highest BCUT2D eigenvalue weighted by Gasteiger charge is 2.33. The predicted molar refractivity (Wildman–Crippen MR) is 103 cm³/mol. The van der Waals surface area contributed by atoms with Crippen LogP contribution in [-0.2, 0) is 12.7 Å². The molecule has 0 atom stereocenters. The van der Waals surface area contributed by atoms with Crippen LogP contribution in [0.1, 0.15) is 10.7 Å². The van der Waals surface area contributed by atoms with Crippen molar-refractivity contribution >= 4 is 34.6 Å². The summed E-state index contributed by atoms with van der Waals surface area (Å²) < 4.78 is 37.9. The molecular weight excluding hydrogens is 399 g/mol. The molecule has 1 N–H and O–H groups in total. The normalized spacial score (nSPS) is 16.0. The SMILES string of the molecule is CN=C(NCc1nc(C(F)(F)F)cs1)N1CCN(c2cccc(Cl)c2)CC1. The van der Waals surface area contributed by atoms with Gasteiger partial charge in [0.15, 0.2) is 11.7 Å². The van der Waals surface area contributed by atoms with Crippen molar-refractivity contribution in [1.82, 2.24) is 15.2 Å².